The first-order valence-corrected chi connectivity index (χ1v) is 8.29. The number of nitro groups is 1. The molecule has 0 bridgehead atoms. The number of hydrogen-bond donors (Lipinski definition) is 0. The lowest BCUT2D eigenvalue weighted by atomic mass is 10.1. The van der Waals surface area contributed by atoms with Crippen molar-refractivity contribution < 1.29 is 17.7 Å². The van der Waals surface area contributed by atoms with E-state index in [9.17, 15) is 22.9 Å². The summed E-state index contributed by atoms with van der Waals surface area (Å²) < 4.78 is 40.5. The molecule has 1 aliphatic heterocycles. The molecule has 122 valence electrons. The molecule has 3 rings (SSSR count). The molecule has 0 saturated heterocycles. The summed E-state index contributed by atoms with van der Waals surface area (Å²) in [6.07, 6.45) is 0.186. The number of sulfonamides is 1. The minimum absolute atomic E-state index is 0.00421. The van der Waals surface area contributed by atoms with E-state index in [0.717, 1.165) is 16.4 Å². The lowest BCUT2D eigenvalue weighted by molar-refractivity contribution is -0.387. The molecular formula is C15H10FN3O4S. The molecule has 1 heterocycles. The number of benzene rings is 2. The third kappa shape index (κ3) is 2.37. The molecule has 0 aliphatic carbocycles. The number of hydrogen-bond acceptors (Lipinski definition) is 5. The van der Waals surface area contributed by atoms with Gasteiger partial charge in [-0.25, -0.2) is 12.8 Å². The predicted octanol–water partition coefficient (Wildman–Crippen LogP) is 2.36. The van der Waals surface area contributed by atoms with Crippen molar-refractivity contribution in [3.05, 3.63) is 63.5 Å². The van der Waals surface area contributed by atoms with Crippen LogP contribution in [0.1, 0.15) is 11.1 Å². The second-order valence-corrected chi connectivity index (χ2v) is 6.95. The Morgan fingerprint density at radius 2 is 2.04 bits per heavy atom. The van der Waals surface area contributed by atoms with Crippen LogP contribution >= 0.6 is 0 Å². The van der Waals surface area contributed by atoms with Gasteiger partial charge in [-0.3, -0.25) is 14.4 Å². The fourth-order valence-corrected chi connectivity index (χ4v) is 4.32. The summed E-state index contributed by atoms with van der Waals surface area (Å²) in [6.45, 7) is -0.00421. The Hall–Kier alpha value is -2.99. The van der Waals surface area contributed by atoms with Crippen LogP contribution in [0, 0.1) is 27.3 Å². The van der Waals surface area contributed by atoms with Crippen LogP contribution in [0.15, 0.2) is 41.3 Å². The van der Waals surface area contributed by atoms with Gasteiger partial charge in [-0.2, -0.15) is 5.26 Å². The van der Waals surface area contributed by atoms with Crippen LogP contribution in [0.4, 0.5) is 15.8 Å². The molecule has 0 saturated carbocycles. The smallest absolute Gasteiger partial charge is 0.265 e. The first-order chi connectivity index (χ1) is 11.4. The van der Waals surface area contributed by atoms with Crippen molar-refractivity contribution >= 4 is 21.4 Å². The van der Waals surface area contributed by atoms with Crippen LogP contribution in [0.5, 0.6) is 0 Å². The van der Waals surface area contributed by atoms with Crippen molar-refractivity contribution in [2.45, 2.75) is 11.3 Å². The van der Waals surface area contributed by atoms with Gasteiger partial charge in [0.1, 0.15) is 5.82 Å². The highest BCUT2D eigenvalue weighted by molar-refractivity contribution is 7.93. The van der Waals surface area contributed by atoms with E-state index in [0.29, 0.717) is 0 Å². The molecule has 7 nitrogen and oxygen atoms in total. The summed E-state index contributed by atoms with van der Waals surface area (Å²) in [5.41, 5.74) is -0.265. The average molecular weight is 347 g/mol. The molecule has 9 heteroatoms. The fraction of sp³-hybridized carbons (Fsp3) is 0.133. The maximum Gasteiger partial charge on any atom is 0.291 e. The largest absolute Gasteiger partial charge is 0.291 e. The van der Waals surface area contributed by atoms with E-state index in [1.54, 1.807) is 6.07 Å². The molecular weight excluding hydrogens is 337 g/mol. The van der Waals surface area contributed by atoms with Crippen LogP contribution in [-0.4, -0.2) is 19.9 Å². The number of fused-ring (bicyclic) bond motifs is 1. The van der Waals surface area contributed by atoms with Crippen molar-refractivity contribution in [2.24, 2.45) is 0 Å². The Kier molecular flexibility index (Phi) is 3.69. The van der Waals surface area contributed by atoms with Crippen LogP contribution in [0.25, 0.3) is 0 Å². The number of nitro benzene ring substituents is 1. The Bertz CT molecular complexity index is 998. The van der Waals surface area contributed by atoms with Gasteiger partial charge in [-0.15, -0.1) is 0 Å². The third-order valence-electron chi connectivity index (χ3n) is 3.78. The van der Waals surface area contributed by atoms with Crippen molar-refractivity contribution in [3.8, 4) is 6.07 Å². The molecule has 24 heavy (non-hydrogen) atoms. The highest BCUT2D eigenvalue weighted by atomic mass is 32.2. The summed E-state index contributed by atoms with van der Waals surface area (Å²) in [5.74, 6) is -0.514. The van der Waals surface area contributed by atoms with E-state index in [1.165, 1.54) is 24.3 Å². The number of halogens is 1. The normalized spacial score (nSPS) is 13.4. The third-order valence-corrected chi connectivity index (χ3v) is 5.64. The summed E-state index contributed by atoms with van der Waals surface area (Å²) in [7, 11) is -4.25. The molecule has 0 amide bonds. The maximum atomic E-state index is 13.8. The highest BCUT2D eigenvalue weighted by Crippen LogP contribution is 2.36. The van der Waals surface area contributed by atoms with Crippen molar-refractivity contribution in [2.75, 3.05) is 10.8 Å². The van der Waals surface area contributed by atoms with Gasteiger partial charge in [0.2, 0.25) is 0 Å². The van der Waals surface area contributed by atoms with Crippen molar-refractivity contribution in [1.82, 2.24) is 0 Å². The zero-order valence-corrected chi connectivity index (χ0v) is 13.0. The van der Waals surface area contributed by atoms with E-state index in [2.05, 4.69) is 0 Å². The monoisotopic (exact) mass is 347 g/mol. The number of anilines is 1. The zero-order valence-electron chi connectivity index (χ0n) is 12.1. The van der Waals surface area contributed by atoms with Gasteiger partial charge in [0, 0.05) is 18.2 Å². The average Bonchev–Trinajstić information content (AvgIpc) is 3.00. The van der Waals surface area contributed by atoms with E-state index < -0.39 is 31.3 Å². The van der Waals surface area contributed by atoms with Gasteiger partial charge >= 0.3 is 0 Å². The second-order valence-electron chi connectivity index (χ2n) is 5.12. The number of rotatable bonds is 3. The van der Waals surface area contributed by atoms with Gasteiger partial charge in [0.05, 0.1) is 22.2 Å². The lowest BCUT2D eigenvalue weighted by Gasteiger charge is -2.19. The fourth-order valence-electron chi connectivity index (χ4n) is 2.68. The molecule has 0 aromatic heterocycles. The van der Waals surface area contributed by atoms with Gasteiger partial charge in [-0.1, -0.05) is 6.07 Å². The Morgan fingerprint density at radius 3 is 2.71 bits per heavy atom. The van der Waals surface area contributed by atoms with Gasteiger partial charge in [0.15, 0.2) is 4.90 Å². The summed E-state index contributed by atoms with van der Waals surface area (Å²) >= 11 is 0. The minimum Gasteiger partial charge on any atom is -0.265 e. The van der Waals surface area contributed by atoms with Crippen LogP contribution < -0.4 is 4.31 Å². The van der Waals surface area contributed by atoms with Gasteiger partial charge in [-0.05, 0) is 30.7 Å². The van der Waals surface area contributed by atoms with Crippen LogP contribution in [0.2, 0.25) is 0 Å². The maximum absolute atomic E-state index is 13.8. The van der Waals surface area contributed by atoms with Gasteiger partial charge < -0.3 is 0 Å². The number of nitriles is 1. The molecule has 0 atom stereocenters. The van der Waals surface area contributed by atoms with E-state index in [4.69, 9.17) is 5.26 Å². The molecule has 0 spiro atoms. The topological polar surface area (TPSA) is 104 Å². The number of nitrogens with zero attached hydrogens (tertiary/aromatic N) is 3. The summed E-state index contributed by atoms with van der Waals surface area (Å²) in [6, 6.07) is 8.95. The minimum atomic E-state index is -4.25. The molecule has 2 aromatic carbocycles. The molecule has 0 unspecified atom stereocenters. The first-order valence-electron chi connectivity index (χ1n) is 6.85. The van der Waals surface area contributed by atoms with E-state index >= 15 is 0 Å². The molecule has 1 aliphatic rings. The molecule has 0 N–H and O–H groups in total. The van der Waals surface area contributed by atoms with E-state index in [-0.39, 0.29) is 29.8 Å². The molecule has 0 radical (unpaired) electrons. The summed E-state index contributed by atoms with van der Waals surface area (Å²) in [4.78, 5) is 9.83. The van der Waals surface area contributed by atoms with Crippen molar-refractivity contribution in [3.63, 3.8) is 0 Å². The van der Waals surface area contributed by atoms with Crippen molar-refractivity contribution in [1.29, 1.82) is 5.26 Å². The summed E-state index contributed by atoms with van der Waals surface area (Å²) in [5, 5.41) is 20.0. The Labute approximate surface area is 136 Å². The first kappa shape index (κ1) is 15.9. The van der Waals surface area contributed by atoms with Gasteiger partial charge in [0.25, 0.3) is 15.7 Å². The predicted molar refractivity (Wildman–Crippen MR) is 82.4 cm³/mol. The zero-order chi connectivity index (χ0) is 17.5. The Balaban J connectivity index is 2.17. The SMILES string of the molecule is N#Cc1ccc(S(=O)(=O)N2CCc3c(F)cccc32)c([N+](=O)[O-])c1. The second kappa shape index (κ2) is 5.58. The quantitative estimate of drug-likeness (QED) is 0.626. The van der Waals surface area contributed by atoms with Crippen LogP contribution in [-0.2, 0) is 16.4 Å². The standard InChI is InChI=1S/C15H10FN3O4S/c16-12-2-1-3-13-11(12)6-7-18(13)24(22,23)15-5-4-10(9-17)8-14(15)19(20)21/h1-5,8H,6-7H2. The molecule has 2 aromatic rings. The lowest BCUT2D eigenvalue weighted by Crippen LogP contribution is -2.29. The van der Waals surface area contributed by atoms with Crippen LogP contribution in [0.3, 0.4) is 0 Å². The Morgan fingerprint density at radius 1 is 1.29 bits per heavy atom. The van der Waals surface area contributed by atoms with E-state index in [1.807, 2.05) is 0 Å². The highest BCUT2D eigenvalue weighted by Gasteiger charge is 2.36. The molecule has 0 fully saturated rings.